The van der Waals surface area contributed by atoms with Gasteiger partial charge in [0.15, 0.2) is 0 Å². The van der Waals surface area contributed by atoms with Crippen LogP contribution in [0, 0.1) is 5.92 Å². The number of nitrogens with one attached hydrogen (secondary N) is 1. The predicted octanol–water partition coefficient (Wildman–Crippen LogP) is 1.33. The fourth-order valence-corrected chi connectivity index (χ4v) is 4.96. The van der Waals surface area contributed by atoms with Crippen molar-refractivity contribution in [3.05, 3.63) is 36.4 Å². The van der Waals surface area contributed by atoms with Crippen molar-refractivity contribution < 1.29 is 23.1 Å². The van der Waals surface area contributed by atoms with Gasteiger partial charge in [0.2, 0.25) is 5.91 Å². The maximum Gasteiger partial charge on any atom is 0.326 e. The molecule has 1 saturated carbocycles. The molecule has 1 aliphatic heterocycles. The molecule has 8 heteroatoms. The summed E-state index contributed by atoms with van der Waals surface area (Å²) in [5, 5.41) is 13.0. The maximum absolute atomic E-state index is 12.8. The number of hydrogen-bond donors (Lipinski definition) is 2. The molecule has 0 spiro atoms. The summed E-state index contributed by atoms with van der Waals surface area (Å²) in [5.74, 6) is -1.78. The Labute approximate surface area is 144 Å². The Bertz CT molecular complexity index is 992. The van der Waals surface area contributed by atoms with Crippen molar-refractivity contribution in [2.45, 2.75) is 23.8 Å². The van der Waals surface area contributed by atoms with Crippen molar-refractivity contribution >= 4 is 38.4 Å². The van der Waals surface area contributed by atoms with Crippen LogP contribution in [0.2, 0.25) is 0 Å². The summed E-state index contributed by atoms with van der Waals surface area (Å²) in [6.07, 6.45) is 1.51. The van der Waals surface area contributed by atoms with Crippen LogP contribution in [0.1, 0.15) is 12.8 Å². The van der Waals surface area contributed by atoms with E-state index in [4.69, 9.17) is 0 Å². The lowest BCUT2D eigenvalue weighted by atomic mass is 10.1. The molecule has 0 radical (unpaired) electrons. The topological polar surface area (TPSA) is 104 Å². The van der Waals surface area contributed by atoms with Crippen LogP contribution in [0.25, 0.3) is 10.8 Å². The lowest BCUT2D eigenvalue weighted by molar-refractivity contribution is -0.142. The number of carboxylic acids is 1. The standard InChI is InChI=1S/C17H16N2O5S/c20-14(18-16(17(21)22)11-7-8-11)9-19-12-5-1-3-10-4-2-6-13(15(10)12)25(19,23)24/h1-6,11,16H,7-9H2,(H,18,20)(H,21,22). The number of amides is 1. The average Bonchev–Trinajstić information content (AvgIpc) is 3.38. The number of anilines is 1. The van der Waals surface area contributed by atoms with Gasteiger partial charge in [-0.15, -0.1) is 0 Å². The number of rotatable bonds is 5. The zero-order valence-electron chi connectivity index (χ0n) is 13.2. The smallest absolute Gasteiger partial charge is 0.326 e. The van der Waals surface area contributed by atoms with Crippen LogP contribution in [0.5, 0.6) is 0 Å². The van der Waals surface area contributed by atoms with Gasteiger partial charge < -0.3 is 10.4 Å². The second kappa shape index (κ2) is 5.45. The quantitative estimate of drug-likeness (QED) is 0.837. The van der Waals surface area contributed by atoms with Gasteiger partial charge in [-0.3, -0.25) is 9.10 Å². The van der Waals surface area contributed by atoms with E-state index in [9.17, 15) is 23.1 Å². The summed E-state index contributed by atoms with van der Waals surface area (Å²) in [5.41, 5.74) is 0.446. The molecule has 1 atom stereocenters. The minimum atomic E-state index is -3.83. The molecule has 4 rings (SSSR count). The van der Waals surface area contributed by atoms with Crippen LogP contribution < -0.4 is 9.62 Å². The number of nitrogens with zero attached hydrogens (tertiary/aromatic N) is 1. The molecule has 0 bridgehead atoms. The van der Waals surface area contributed by atoms with Crippen LogP contribution in [0.15, 0.2) is 41.3 Å². The first-order valence-corrected chi connectivity index (χ1v) is 9.40. The molecule has 2 aromatic carbocycles. The first kappa shape index (κ1) is 15.9. The molecule has 130 valence electrons. The first-order valence-electron chi connectivity index (χ1n) is 7.96. The molecular formula is C17H16N2O5S. The van der Waals surface area contributed by atoms with Crippen molar-refractivity contribution in [2.75, 3.05) is 10.8 Å². The number of aliphatic carboxylic acids is 1. The normalized spacial score (nSPS) is 19.0. The van der Waals surface area contributed by atoms with E-state index >= 15 is 0 Å². The molecule has 1 heterocycles. The molecule has 2 N–H and O–H groups in total. The average molecular weight is 360 g/mol. The highest BCUT2D eigenvalue weighted by Gasteiger charge is 2.40. The molecule has 25 heavy (non-hydrogen) atoms. The highest BCUT2D eigenvalue weighted by molar-refractivity contribution is 7.93. The molecule has 1 aliphatic carbocycles. The van der Waals surface area contributed by atoms with E-state index in [2.05, 4.69) is 5.32 Å². The van der Waals surface area contributed by atoms with Crippen LogP contribution in [-0.2, 0) is 19.6 Å². The van der Waals surface area contributed by atoms with Gasteiger partial charge in [-0.2, -0.15) is 0 Å². The number of carbonyl (C=O) groups is 2. The van der Waals surface area contributed by atoms with Crippen molar-refractivity contribution in [3.63, 3.8) is 0 Å². The van der Waals surface area contributed by atoms with Crippen molar-refractivity contribution in [3.8, 4) is 0 Å². The second-order valence-electron chi connectivity index (χ2n) is 6.36. The lowest BCUT2D eigenvalue weighted by Crippen LogP contribution is -2.47. The Morgan fingerprint density at radius 2 is 1.88 bits per heavy atom. The number of sulfonamides is 1. The molecule has 2 aliphatic rings. The summed E-state index contributed by atoms with van der Waals surface area (Å²) in [4.78, 5) is 23.8. The summed E-state index contributed by atoms with van der Waals surface area (Å²) >= 11 is 0. The van der Waals surface area contributed by atoms with E-state index in [-0.39, 0.29) is 10.8 Å². The third-order valence-corrected chi connectivity index (χ3v) is 6.45. The highest BCUT2D eigenvalue weighted by Crippen LogP contribution is 2.41. The third-order valence-electron chi connectivity index (χ3n) is 4.64. The summed E-state index contributed by atoms with van der Waals surface area (Å²) in [7, 11) is -3.83. The predicted molar refractivity (Wildman–Crippen MR) is 90.8 cm³/mol. The Balaban J connectivity index is 1.64. The SMILES string of the molecule is O=C(CN1c2cccc3cccc(c23)S1(=O)=O)NC(C(=O)O)C1CC1. The zero-order valence-corrected chi connectivity index (χ0v) is 14.0. The lowest BCUT2D eigenvalue weighted by Gasteiger charge is -2.20. The van der Waals surface area contributed by atoms with Crippen molar-refractivity contribution in [2.24, 2.45) is 5.92 Å². The Hall–Kier alpha value is -2.61. The number of carboxylic acid groups (broad SMARTS) is 1. The molecule has 0 aromatic heterocycles. The van der Waals surface area contributed by atoms with Gasteiger partial charge in [0.1, 0.15) is 12.6 Å². The summed E-state index contributed by atoms with van der Waals surface area (Å²) < 4.78 is 26.6. The highest BCUT2D eigenvalue weighted by atomic mass is 32.2. The van der Waals surface area contributed by atoms with Crippen LogP contribution in [0.4, 0.5) is 5.69 Å². The Kier molecular flexibility index (Phi) is 3.47. The van der Waals surface area contributed by atoms with E-state index in [1.165, 1.54) is 6.07 Å². The molecule has 0 saturated heterocycles. The molecule has 2 aromatic rings. The van der Waals surface area contributed by atoms with E-state index < -0.39 is 34.5 Å². The van der Waals surface area contributed by atoms with Crippen LogP contribution >= 0.6 is 0 Å². The molecule has 1 unspecified atom stereocenters. The fraction of sp³-hybridized carbons (Fsp3) is 0.294. The molecule has 7 nitrogen and oxygen atoms in total. The van der Waals surface area contributed by atoms with Gasteiger partial charge in [-0.1, -0.05) is 24.3 Å². The summed E-state index contributed by atoms with van der Waals surface area (Å²) in [6.45, 7) is -0.438. The van der Waals surface area contributed by atoms with E-state index in [1.807, 2.05) is 12.1 Å². The van der Waals surface area contributed by atoms with E-state index in [0.717, 1.165) is 22.5 Å². The van der Waals surface area contributed by atoms with Crippen molar-refractivity contribution in [1.82, 2.24) is 5.32 Å². The molecule has 1 fully saturated rings. The number of hydrogen-bond acceptors (Lipinski definition) is 4. The first-order chi connectivity index (χ1) is 11.9. The number of benzene rings is 2. The maximum atomic E-state index is 12.8. The number of carbonyl (C=O) groups excluding carboxylic acids is 1. The second-order valence-corrected chi connectivity index (χ2v) is 8.19. The van der Waals surface area contributed by atoms with Gasteiger partial charge >= 0.3 is 5.97 Å². The fourth-order valence-electron chi connectivity index (χ4n) is 3.29. The van der Waals surface area contributed by atoms with Crippen LogP contribution in [0.3, 0.4) is 0 Å². The minimum absolute atomic E-state index is 0.0720. The van der Waals surface area contributed by atoms with E-state index in [0.29, 0.717) is 11.1 Å². The monoisotopic (exact) mass is 360 g/mol. The molecule has 1 amide bonds. The minimum Gasteiger partial charge on any atom is -0.480 e. The van der Waals surface area contributed by atoms with Gasteiger partial charge in [-0.25, -0.2) is 13.2 Å². The van der Waals surface area contributed by atoms with Gasteiger partial charge in [0.05, 0.1) is 10.6 Å². The van der Waals surface area contributed by atoms with E-state index in [1.54, 1.807) is 18.2 Å². The molecular weight excluding hydrogens is 344 g/mol. The van der Waals surface area contributed by atoms with Gasteiger partial charge in [-0.05, 0) is 36.3 Å². The van der Waals surface area contributed by atoms with Crippen molar-refractivity contribution in [1.29, 1.82) is 0 Å². The Morgan fingerprint density at radius 3 is 2.52 bits per heavy atom. The van der Waals surface area contributed by atoms with Gasteiger partial charge in [0.25, 0.3) is 10.0 Å². The zero-order chi connectivity index (χ0) is 17.8. The van der Waals surface area contributed by atoms with Gasteiger partial charge in [0, 0.05) is 5.39 Å². The largest absolute Gasteiger partial charge is 0.480 e. The summed E-state index contributed by atoms with van der Waals surface area (Å²) in [6, 6.07) is 9.23. The van der Waals surface area contributed by atoms with Crippen LogP contribution in [-0.4, -0.2) is 38.0 Å². The Morgan fingerprint density at radius 1 is 1.20 bits per heavy atom. The third kappa shape index (κ3) is 2.53.